The second-order valence-corrected chi connectivity index (χ2v) is 5.96. The molecule has 0 aliphatic heterocycles. The highest BCUT2D eigenvalue weighted by atomic mass is 32.1. The fourth-order valence-electron chi connectivity index (χ4n) is 2.39. The van der Waals surface area contributed by atoms with E-state index in [0.29, 0.717) is 5.11 Å². The number of benzene rings is 2. The fourth-order valence-corrected chi connectivity index (χ4v) is 2.69. The van der Waals surface area contributed by atoms with Crippen LogP contribution in [0.2, 0.25) is 0 Å². The molecule has 2 rings (SSSR count). The van der Waals surface area contributed by atoms with Crippen molar-refractivity contribution in [3.63, 3.8) is 0 Å². The highest BCUT2D eigenvalue weighted by molar-refractivity contribution is 7.80. The van der Waals surface area contributed by atoms with Gasteiger partial charge in [0, 0.05) is 5.69 Å². The minimum absolute atomic E-state index is 0.176. The summed E-state index contributed by atoms with van der Waals surface area (Å²) in [5.74, 6) is 0. The molecule has 21 heavy (non-hydrogen) atoms. The molecule has 0 saturated heterocycles. The van der Waals surface area contributed by atoms with Crippen LogP contribution in [0.4, 0.5) is 5.69 Å². The Morgan fingerprint density at radius 2 is 1.71 bits per heavy atom. The molecular weight excluding hydrogens is 276 g/mol. The van der Waals surface area contributed by atoms with Crippen LogP contribution >= 0.6 is 12.2 Å². The van der Waals surface area contributed by atoms with Crippen molar-refractivity contribution in [1.29, 1.82) is 0 Å². The van der Waals surface area contributed by atoms with E-state index >= 15 is 0 Å². The lowest BCUT2D eigenvalue weighted by Crippen LogP contribution is -2.31. The highest BCUT2D eigenvalue weighted by Gasteiger charge is 2.10. The van der Waals surface area contributed by atoms with Crippen LogP contribution in [0.3, 0.4) is 0 Å². The maximum atomic E-state index is 5.41. The quantitative estimate of drug-likeness (QED) is 0.806. The van der Waals surface area contributed by atoms with Crippen LogP contribution in [0.1, 0.15) is 35.2 Å². The van der Waals surface area contributed by atoms with Crippen LogP contribution in [0.25, 0.3) is 0 Å². The number of aryl methyl sites for hydroxylation is 3. The standard InChI is InChI=1S/C18H22N2S/c1-12-6-5-7-16(10-12)20-18(21)19-15(4)17-11-13(2)8-9-14(17)3/h5-11,15H,1-4H3,(H2,19,20,21)/t15-/m0/s1. The van der Waals surface area contributed by atoms with Gasteiger partial charge >= 0.3 is 0 Å². The average Bonchev–Trinajstić information content (AvgIpc) is 2.41. The van der Waals surface area contributed by atoms with E-state index in [1.54, 1.807) is 0 Å². The molecular formula is C18H22N2S. The van der Waals surface area contributed by atoms with Crippen molar-refractivity contribution in [3.05, 3.63) is 64.7 Å². The third-order valence-electron chi connectivity index (χ3n) is 3.52. The molecule has 0 fully saturated rings. The topological polar surface area (TPSA) is 24.1 Å². The van der Waals surface area contributed by atoms with E-state index in [9.17, 15) is 0 Å². The minimum Gasteiger partial charge on any atom is -0.356 e. The SMILES string of the molecule is Cc1cccc(NC(=S)N[C@@H](C)c2cc(C)ccc2C)c1. The van der Waals surface area contributed by atoms with Crippen molar-refractivity contribution < 1.29 is 0 Å². The zero-order chi connectivity index (χ0) is 15.4. The van der Waals surface area contributed by atoms with Crippen LogP contribution in [-0.4, -0.2) is 5.11 Å². The molecule has 0 amide bonds. The van der Waals surface area contributed by atoms with Gasteiger partial charge in [0.1, 0.15) is 0 Å². The highest BCUT2D eigenvalue weighted by Crippen LogP contribution is 2.19. The van der Waals surface area contributed by atoms with Gasteiger partial charge in [-0.15, -0.1) is 0 Å². The molecule has 2 aromatic carbocycles. The summed E-state index contributed by atoms with van der Waals surface area (Å²) in [5.41, 5.74) is 6.05. The summed E-state index contributed by atoms with van der Waals surface area (Å²) in [6, 6.07) is 14.9. The van der Waals surface area contributed by atoms with E-state index in [-0.39, 0.29) is 6.04 Å². The monoisotopic (exact) mass is 298 g/mol. The summed E-state index contributed by atoms with van der Waals surface area (Å²) in [6.07, 6.45) is 0. The van der Waals surface area contributed by atoms with E-state index in [1.165, 1.54) is 22.3 Å². The van der Waals surface area contributed by atoms with Crippen LogP contribution in [-0.2, 0) is 0 Å². The molecule has 3 heteroatoms. The van der Waals surface area contributed by atoms with Crippen LogP contribution < -0.4 is 10.6 Å². The third kappa shape index (κ3) is 4.30. The lowest BCUT2D eigenvalue weighted by atomic mass is 10.0. The molecule has 0 aliphatic carbocycles. The van der Waals surface area contributed by atoms with Gasteiger partial charge in [-0.2, -0.15) is 0 Å². The molecule has 0 aliphatic rings. The Balaban J connectivity index is 2.03. The first kappa shape index (κ1) is 15.5. The van der Waals surface area contributed by atoms with E-state index < -0.39 is 0 Å². The van der Waals surface area contributed by atoms with Gasteiger partial charge in [-0.3, -0.25) is 0 Å². The number of hydrogen-bond donors (Lipinski definition) is 2. The van der Waals surface area contributed by atoms with Gasteiger partial charge in [0.05, 0.1) is 6.04 Å². The Labute approximate surface area is 132 Å². The van der Waals surface area contributed by atoms with Crippen LogP contribution in [0.5, 0.6) is 0 Å². The van der Waals surface area contributed by atoms with Crippen molar-refractivity contribution >= 4 is 23.0 Å². The summed E-state index contributed by atoms with van der Waals surface area (Å²) in [4.78, 5) is 0. The van der Waals surface area contributed by atoms with Crippen molar-refractivity contribution in [2.24, 2.45) is 0 Å². The summed E-state index contributed by atoms with van der Waals surface area (Å²) < 4.78 is 0. The molecule has 2 aromatic rings. The molecule has 110 valence electrons. The van der Waals surface area contributed by atoms with Crippen LogP contribution in [0.15, 0.2) is 42.5 Å². The lowest BCUT2D eigenvalue weighted by molar-refractivity contribution is 0.716. The van der Waals surface area contributed by atoms with Crippen molar-refractivity contribution in [1.82, 2.24) is 5.32 Å². The maximum absolute atomic E-state index is 5.41. The molecule has 0 saturated carbocycles. The normalized spacial score (nSPS) is 11.8. The Bertz CT molecular complexity index is 649. The van der Waals surface area contributed by atoms with E-state index in [0.717, 1.165) is 5.69 Å². The van der Waals surface area contributed by atoms with Crippen LogP contribution in [0, 0.1) is 20.8 Å². The maximum Gasteiger partial charge on any atom is 0.171 e. The van der Waals surface area contributed by atoms with E-state index in [4.69, 9.17) is 12.2 Å². The average molecular weight is 298 g/mol. The van der Waals surface area contributed by atoms with E-state index in [2.05, 4.69) is 68.7 Å². The van der Waals surface area contributed by atoms with Gasteiger partial charge in [0.25, 0.3) is 0 Å². The number of anilines is 1. The number of nitrogens with one attached hydrogen (secondary N) is 2. The van der Waals surface area contributed by atoms with Crippen molar-refractivity contribution in [3.8, 4) is 0 Å². The number of rotatable bonds is 3. The Kier molecular flexibility index (Phi) is 4.97. The number of hydrogen-bond acceptors (Lipinski definition) is 1. The van der Waals surface area contributed by atoms with Gasteiger partial charge in [0.2, 0.25) is 0 Å². The fraction of sp³-hybridized carbons (Fsp3) is 0.278. The summed E-state index contributed by atoms with van der Waals surface area (Å²) in [5, 5.41) is 7.24. The lowest BCUT2D eigenvalue weighted by Gasteiger charge is -2.19. The zero-order valence-electron chi connectivity index (χ0n) is 13.0. The second kappa shape index (κ2) is 6.72. The molecule has 0 aromatic heterocycles. The smallest absolute Gasteiger partial charge is 0.171 e. The predicted molar refractivity (Wildman–Crippen MR) is 94.9 cm³/mol. The molecule has 0 heterocycles. The van der Waals surface area contributed by atoms with Crippen molar-refractivity contribution in [2.45, 2.75) is 33.7 Å². The Morgan fingerprint density at radius 3 is 2.43 bits per heavy atom. The zero-order valence-corrected chi connectivity index (χ0v) is 13.8. The third-order valence-corrected chi connectivity index (χ3v) is 3.74. The van der Waals surface area contributed by atoms with Gasteiger partial charge in [-0.1, -0.05) is 35.9 Å². The first-order chi connectivity index (χ1) is 9.95. The second-order valence-electron chi connectivity index (χ2n) is 5.55. The first-order valence-corrected chi connectivity index (χ1v) is 7.58. The predicted octanol–water partition coefficient (Wildman–Crippen LogP) is 4.66. The van der Waals surface area contributed by atoms with Gasteiger partial charge < -0.3 is 10.6 Å². The number of thiocarbonyl (C=S) groups is 1. The molecule has 2 N–H and O–H groups in total. The van der Waals surface area contributed by atoms with Crippen molar-refractivity contribution in [2.75, 3.05) is 5.32 Å². The molecule has 0 bridgehead atoms. The van der Waals surface area contributed by atoms with Gasteiger partial charge in [-0.05, 0) is 68.7 Å². The Hall–Kier alpha value is -1.87. The Morgan fingerprint density at radius 1 is 1.00 bits per heavy atom. The largest absolute Gasteiger partial charge is 0.356 e. The molecule has 0 spiro atoms. The molecule has 0 unspecified atom stereocenters. The summed E-state index contributed by atoms with van der Waals surface area (Å²) in [7, 11) is 0. The summed E-state index contributed by atoms with van der Waals surface area (Å²) >= 11 is 5.41. The summed E-state index contributed by atoms with van der Waals surface area (Å²) in [6.45, 7) is 8.44. The first-order valence-electron chi connectivity index (χ1n) is 7.17. The molecule has 0 radical (unpaired) electrons. The molecule has 2 nitrogen and oxygen atoms in total. The van der Waals surface area contributed by atoms with Gasteiger partial charge in [-0.25, -0.2) is 0 Å². The van der Waals surface area contributed by atoms with E-state index in [1.807, 2.05) is 12.1 Å². The van der Waals surface area contributed by atoms with Gasteiger partial charge in [0.15, 0.2) is 5.11 Å². The minimum atomic E-state index is 0.176. The molecule has 1 atom stereocenters.